The molecular weight excluding hydrogens is 343 g/mol. The quantitative estimate of drug-likeness (QED) is 0.753. The molecule has 1 atom stereocenters. The van der Waals surface area contributed by atoms with Gasteiger partial charge in [0.05, 0.1) is 5.54 Å². The molecule has 0 aliphatic carbocycles. The fourth-order valence-electron chi connectivity index (χ4n) is 3.63. The smallest absolute Gasteiger partial charge is 0.242 e. The number of likely N-dealkylation sites (N-methyl/N-ethyl adjacent to an activating group) is 1. The molecule has 1 fully saturated rings. The zero-order chi connectivity index (χ0) is 20.0. The van der Waals surface area contributed by atoms with Gasteiger partial charge in [0.1, 0.15) is 5.82 Å². The van der Waals surface area contributed by atoms with Crippen molar-refractivity contribution in [3.05, 3.63) is 35.6 Å². The number of hydrogen-bond acceptors (Lipinski definition) is 4. The molecule has 1 heterocycles. The van der Waals surface area contributed by atoms with Gasteiger partial charge >= 0.3 is 0 Å². The van der Waals surface area contributed by atoms with Crippen LogP contribution in [0.5, 0.6) is 0 Å². The van der Waals surface area contributed by atoms with Crippen molar-refractivity contribution in [1.29, 1.82) is 0 Å². The molecule has 0 bridgehead atoms. The standard InChI is InChI=1S/C21H35FN4O/c1-21(2,23)20(27)26(13-12-24(3)4)15-17-8-7-11-25(14-17)16-18-9-5-6-10-19(18)22/h5-6,9-10,17H,7-8,11-16,23H2,1-4H3/t17-/m1/s1. The third-order valence-corrected chi connectivity index (χ3v) is 5.09. The molecule has 0 spiro atoms. The molecule has 0 saturated carbocycles. The molecule has 27 heavy (non-hydrogen) atoms. The number of likely N-dealkylation sites (tertiary alicyclic amines) is 1. The van der Waals surface area contributed by atoms with Crippen LogP contribution in [0, 0.1) is 11.7 Å². The molecule has 1 saturated heterocycles. The van der Waals surface area contributed by atoms with Gasteiger partial charge < -0.3 is 15.5 Å². The second-order valence-corrected chi connectivity index (χ2v) is 8.61. The molecule has 0 radical (unpaired) electrons. The maximum atomic E-state index is 14.0. The average molecular weight is 379 g/mol. The Labute approximate surface area is 163 Å². The lowest BCUT2D eigenvalue weighted by Crippen LogP contribution is -2.54. The van der Waals surface area contributed by atoms with Gasteiger partial charge in [0.2, 0.25) is 5.91 Å². The summed E-state index contributed by atoms with van der Waals surface area (Å²) in [6.07, 6.45) is 2.16. The van der Waals surface area contributed by atoms with Crippen LogP contribution in [-0.4, -0.2) is 73.0 Å². The molecule has 2 N–H and O–H groups in total. The fourth-order valence-corrected chi connectivity index (χ4v) is 3.63. The highest BCUT2D eigenvalue weighted by Crippen LogP contribution is 2.21. The summed E-state index contributed by atoms with van der Waals surface area (Å²) in [6, 6.07) is 6.97. The molecule has 1 aliphatic rings. The highest BCUT2D eigenvalue weighted by atomic mass is 19.1. The zero-order valence-corrected chi connectivity index (χ0v) is 17.2. The first-order chi connectivity index (χ1) is 12.7. The van der Waals surface area contributed by atoms with Crippen molar-refractivity contribution in [2.24, 2.45) is 11.7 Å². The normalized spacial score (nSPS) is 18.7. The first-order valence-corrected chi connectivity index (χ1v) is 9.85. The zero-order valence-electron chi connectivity index (χ0n) is 17.2. The third kappa shape index (κ3) is 6.87. The van der Waals surface area contributed by atoms with Gasteiger partial charge in [-0.2, -0.15) is 0 Å². The van der Waals surface area contributed by atoms with Gasteiger partial charge in [-0.05, 0) is 59.3 Å². The van der Waals surface area contributed by atoms with Gasteiger partial charge in [-0.15, -0.1) is 0 Å². The van der Waals surface area contributed by atoms with Gasteiger partial charge in [0.25, 0.3) is 0 Å². The summed E-state index contributed by atoms with van der Waals surface area (Å²) in [5.41, 5.74) is 5.95. The van der Waals surface area contributed by atoms with Crippen LogP contribution in [0.2, 0.25) is 0 Å². The van der Waals surface area contributed by atoms with Crippen LogP contribution in [0.25, 0.3) is 0 Å². The Balaban J connectivity index is 1.99. The molecule has 2 rings (SSSR count). The van der Waals surface area contributed by atoms with Crippen LogP contribution < -0.4 is 5.73 Å². The number of amides is 1. The monoisotopic (exact) mass is 378 g/mol. The average Bonchev–Trinajstić information content (AvgIpc) is 2.59. The summed E-state index contributed by atoms with van der Waals surface area (Å²) in [6.45, 7) is 8.21. The van der Waals surface area contributed by atoms with Crippen LogP contribution in [-0.2, 0) is 11.3 Å². The third-order valence-electron chi connectivity index (χ3n) is 5.09. The van der Waals surface area contributed by atoms with Crippen LogP contribution in [0.1, 0.15) is 32.3 Å². The molecule has 0 unspecified atom stereocenters. The molecule has 6 heteroatoms. The van der Waals surface area contributed by atoms with Crippen molar-refractivity contribution in [2.75, 3.05) is 46.8 Å². The number of carbonyl (C=O) groups excluding carboxylic acids is 1. The van der Waals surface area contributed by atoms with Gasteiger partial charge in [-0.1, -0.05) is 18.2 Å². The van der Waals surface area contributed by atoms with E-state index < -0.39 is 5.54 Å². The number of nitrogens with zero attached hydrogens (tertiary/aromatic N) is 3. The fraction of sp³-hybridized carbons (Fsp3) is 0.667. The Morgan fingerprint density at radius 1 is 1.30 bits per heavy atom. The molecular formula is C21H35FN4O. The molecule has 1 amide bonds. The summed E-state index contributed by atoms with van der Waals surface area (Å²) in [7, 11) is 4.01. The summed E-state index contributed by atoms with van der Waals surface area (Å²) in [4.78, 5) is 19.1. The number of benzene rings is 1. The van der Waals surface area contributed by atoms with Crippen molar-refractivity contribution < 1.29 is 9.18 Å². The van der Waals surface area contributed by atoms with Crippen LogP contribution in [0.3, 0.4) is 0 Å². The van der Waals surface area contributed by atoms with Gasteiger partial charge in [0, 0.05) is 38.3 Å². The van der Waals surface area contributed by atoms with Gasteiger partial charge in [-0.25, -0.2) is 4.39 Å². The van der Waals surface area contributed by atoms with Crippen molar-refractivity contribution >= 4 is 5.91 Å². The van der Waals surface area contributed by atoms with Crippen molar-refractivity contribution in [3.8, 4) is 0 Å². The minimum Gasteiger partial charge on any atom is -0.340 e. The van der Waals surface area contributed by atoms with E-state index in [9.17, 15) is 9.18 Å². The van der Waals surface area contributed by atoms with E-state index in [1.807, 2.05) is 31.1 Å². The lowest BCUT2D eigenvalue weighted by atomic mass is 9.95. The predicted octanol–water partition coefficient (Wildman–Crippen LogP) is 2.17. The Bertz CT molecular complexity index is 614. The molecule has 1 aromatic rings. The summed E-state index contributed by atoms with van der Waals surface area (Å²) in [5.74, 6) is 0.238. The van der Waals surface area contributed by atoms with E-state index in [0.717, 1.165) is 38.0 Å². The van der Waals surface area contributed by atoms with Crippen molar-refractivity contribution in [3.63, 3.8) is 0 Å². The maximum absolute atomic E-state index is 14.0. The first-order valence-electron chi connectivity index (χ1n) is 9.85. The second kappa shape index (κ2) is 9.62. The second-order valence-electron chi connectivity index (χ2n) is 8.61. The number of hydrogen-bond donors (Lipinski definition) is 1. The van der Waals surface area contributed by atoms with E-state index in [-0.39, 0.29) is 11.7 Å². The molecule has 1 aromatic carbocycles. The van der Waals surface area contributed by atoms with Crippen LogP contribution in [0.4, 0.5) is 4.39 Å². The summed E-state index contributed by atoms with van der Waals surface area (Å²) >= 11 is 0. The summed E-state index contributed by atoms with van der Waals surface area (Å²) < 4.78 is 14.0. The topological polar surface area (TPSA) is 52.8 Å². The van der Waals surface area contributed by atoms with E-state index in [0.29, 0.717) is 25.6 Å². The van der Waals surface area contributed by atoms with E-state index in [1.165, 1.54) is 6.07 Å². The largest absolute Gasteiger partial charge is 0.340 e. The molecule has 0 aromatic heterocycles. The van der Waals surface area contributed by atoms with Crippen molar-refractivity contribution in [2.45, 2.75) is 38.8 Å². The number of nitrogens with two attached hydrogens (primary N) is 1. The Morgan fingerprint density at radius 3 is 2.63 bits per heavy atom. The molecule has 5 nitrogen and oxygen atoms in total. The first kappa shape index (κ1) is 21.8. The minimum absolute atomic E-state index is 0.00410. The Kier molecular flexibility index (Phi) is 7.77. The van der Waals surface area contributed by atoms with Crippen LogP contribution in [0.15, 0.2) is 24.3 Å². The molecule has 1 aliphatic heterocycles. The van der Waals surface area contributed by atoms with E-state index >= 15 is 0 Å². The minimum atomic E-state index is -0.867. The highest BCUT2D eigenvalue weighted by Gasteiger charge is 2.30. The summed E-state index contributed by atoms with van der Waals surface area (Å²) in [5, 5.41) is 0. The number of piperidine rings is 1. The number of carbonyl (C=O) groups is 1. The van der Waals surface area contributed by atoms with Crippen LogP contribution >= 0.6 is 0 Å². The van der Waals surface area contributed by atoms with Crippen molar-refractivity contribution in [1.82, 2.24) is 14.7 Å². The van der Waals surface area contributed by atoms with Gasteiger partial charge in [0.15, 0.2) is 0 Å². The maximum Gasteiger partial charge on any atom is 0.242 e. The van der Waals surface area contributed by atoms with E-state index in [1.54, 1.807) is 19.9 Å². The molecule has 152 valence electrons. The lowest BCUT2D eigenvalue weighted by Gasteiger charge is -2.37. The Hall–Kier alpha value is -1.50. The number of rotatable bonds is 8. The lowest BCUT2D eigenvalue weighted by molar-refractivity contribution is -0.137. The highest BCUT2D eigenvalue weighted by molar-refractivity contribution is 5.85. The Morgan fingerprint density at radius 2 is 2.00 bits per heavy atom. The van der Waals surface area contributed by atoms with Gasteiger partial charge in [-0.3, -0.25) is 9.69 Å². The predicted molar refractivity (Wildman–Crippen MR) is 108 cm³/mol. The van der Waals surface area contributed by atoms with E-state index in [4.69, 9.17) is 5.73 Å². The number of halogens is 1. The van der Waals surface area contributed by atoms with E-state index in [2.05, 4.69) is 9.80 Å². The SMILES string of the molecule is CN(C)CCN(C[C@@H]1CCCN(Cc2ccccc2F)C1)C(=O)C(C)(C)N.